The molecule has 4 aromatic carbocycles. The van der Waals surface area contributed by atoms with Crippen LogP contribution >= 0.6 is 0 Å². The molecular formula is C28H21N. The highest BCUT2D eigenvalue weighted by molar-refractivity contribution is 5.84. The number of aromatic amines is 1. The molecule has 1 heteroatoms. The van der Waals surface area contributed by atoms with Gasteiger partial charge >= 0.3 is 0 Å². The summed E-state index contributed by atoms with van der Waals surface area (Å²) in [7, 11) is 0. The first-order valence-electron chi connectivity index (χ1n) is 9.96. The molecule has 0 fully saturated rings. The summed E-state index contributed by atoms with van der Waals surface area (Å²) in [6.07, 6.45) is 1.67. The van der Waals surface area contributed by atoms with Crippen molar-refractivity contribution in [1.29, 1.82) is 0 Å². The zero-order valence-corrected chi connectivity index (χ0v) is 16.2. The average Bonchev–Trinajstić information content (AvgIpc) is 3.17. The van der Waals surface area contributed by atoms with E-state index in [1.807, 2.05) is 0 Å². The maximum Gasteiger partial charge on any atom is 0.0495 e. The third kappa shape index (κ3) is 3.93. The lowest BCUT2D eigenvalue weighted by molar-refractivity contribution is 1.20. The van der Waals surface area contributed by atoms with Crippen molar-refractivity contribution in [1.82, 2.24) is 4.98 Å². The Morgan fingerprint density at radius 2 is 1.45 bits per heavy atom. The summed E-state index contributed by atoms with van der Waals surface area (Å²) in [6, 6.07) is 34.3. The van der Waals surface area contributed by atoms with Gasteiger partial charge in [-0.15, -0.1) is 0 Å². The van der Waals surface area contributed by atoms with E-state index < -0.39 is 0 Å². The lowest BCUT2D eigenvalue weighted by Crippen LogP contribution is -1.88. The molecular weight excluding hydrogens is 350 g/mol. The van der Waals surface area contributed by atoms with Crippen LogP contribution in [0.25, 0.3) is 21.7 Å². The SMILES string of the molecule is C(#Cc1ccc2ccc(Cc3ccccc3)cc2c1)Cc1cc2ccccc2[nH]1. The largest absolute Gasteiger partial charge is 0.358 e. The first-order chi connectivity index (χ1) is 14.3. The average molecular weight is 371 g/mol. The Labute approximate surface area is 171 Å². The summed E-state index contributed by atoms with van der Waals surface area (Å²) in [5.41, 5.74) is 6.05. The minimum atomic E-state index is 0.723. The number of para-hydroxylation sites is 1. The van der Waals surface area contributed by atoms with Crippen LogP contribution in [-0.4, -0.2) is 4.98 Å². The third-order valence-corrected chi connectivity index (χ3v) is 5.25. The fourth-order valence-electron chi connectivity index (χ4n) is 3.79. The van der Waals surface area contributed by atoms with Crippen LogP contribution in [0, 0.1) is 11.8 Å². The van der Waals surface area contributed by atoms with Crippen molar-refractivity contribution in [3.05, 3.63) is 119 Å². The Morgan fingerprint density at radius 3 is 2.34 bits per heavy atom. The van der Waals surface area contributed by atoms with Crippen LogP contribution in [-0.2, 0) is 12.8 Å². The quantitative estimate of drug-likeness (QED) is 0.348. The van der Waals surface area contributed by atoms with Crippen molar-refractivity contribution in [2.75, 3.05) is 0 Å². The van der Waals surface area contributed by atoms with Crippen molar-refractivity contribution in [3.63, 3.8) is 0 Å². The van der Waals surface area contributed by atoms with Gasteiger partial charge in [0.15, 0.2) is 0 Å². The molecule has 0 radical (unpaired) electrons. The molecule has 29 heavy (non-hydrogen) atoms. The van der Waals surface area contributed by atoms with Crippen LogP contribution in [0.5, 0.6) is 0 Å². The van der Waals surface area contributed by atoms with Crippen molar-refractivity contribution in [2.45, 2.75) is 12.8 Å². The molecule has 1 nitrogen and oxygen atoms in total. The normalized spacial score (nSPS) is 10.8. The number of H-pyrrole nitrogens is 1. The highest BCUT2D eigenvalue weighted by atomic mass is 14.7. The van der Waals surface area contributed by atoms with E-state index in [1.165, 1.54) is 32.8 Å². The second-order valence-corrected chi connectivity index (χ2v) is 7.42. The van der Waals surface area contributed by atoms with Gasteiger partial charge < -0.3 is 4.98 Å². The number of hydrogen-bond acceptors (Lipinski definition) is 0. The fourth-order valence-corrected chi connectivity index (χ4v) is 3.79. The summed E-state index contributed by atoms with van der Waals surface area (Å²) >= 11 is 0. The van der Waals surface area contributed by atoms with E-state index in [0.717, 1.165) is 24.1 Å². The number of nitrogens with one attached hydrogen (secondary N) is 1. The molecule has 0 amide bonds. The Morgan fingerprint density at radius 1 is 0.621 bits per heavy atom. The van der Waals surface area contributed by atoms with Crippen LogP contribution in [0.4, 0.5) is 0 Å². The monoisotopic (exact) mass is 371 g/mol. The van der Waals surface area contributed by atoms with Crippen molar-refractivity contribution in [2.24, 2.45) is 0 Å². The number of fused-ring (bicyclic) bond motifs is 2. The molecule has 0 aliphatic carbocycles. The van der Waals surface area contributed by atoms with Gasteiger partial charge in [-0.2, -0.15) is 0 Å². The van der Waals surface area contributed by atoms with E-state index in [2.05, 4.69) is 114 Å². The molecule has 5 aromatic rings. The lowest BCUT2D eigenvalue weighted by Gasteiger charge is -2.05. The summed E-state index contributed by atoms with van der Waals surface area (Å²) in [6.45, 7) is 0. The molecule has 0 atom stereocenters. The van der Waals surface area contributed by atoms with E-state index in [1.54, 1.807) is 0 Å². The minimum absolute atomic E-state index is 0.723. The predicted octanol–water partition coefficient (Wildman–Crippen LogP) is 6.51. The molecule has 1 heterocycles. The van der Waals surface area contributed by atoms with Gasteiger partial charge in [-0.3, -0.25) is 0 Å². The van der Waals surface area contributed by atoms with Gasteiger partial charge in [-0.25, -0.2) is 0 Å². The maximum absolute atomic E-state index is 3.44. The van der Waals surface area contributed by atoms with Gasteiger partial charge in [0, 0.05) is 23.2 Å². The molecule has 0 spiro atoms. The third-order valence-electron chi connectivity index (χ3n) is 5.25. The van der Waals surface area contributed by atoms with Crippen molar-refractivity contribution >= 4 is 21.7 Å². The molecule has 138 valence electrons. The molecule has 1 N–H and O–H groups in total. The first kappa shape index (κ1) is 17.3. The molecule has 1 aromatic heterocycles. The first-order valence-corrected chi connectivity index (χ1v) is 9.96. The summed E-state index contributed by atoms with van der Waals surface area (Å²) in [5, 5.41) is 3.74. The molecule has 0 saturated heterocycles. The van der Waals surface area contributed by atoms with E-state index >= 15 is 0 Å². The highest BCUT2D eigenvalue weighted by Gasteiger charge is 2.01. The Balaban J connectivity index is 1.37. The Bertz CT molecular complexity index is 1310. The Hall–Kier alpha value is -3.76. The van der Waals surface area contributed by atoms with Crippen LogP contribution < -0.4 is 0 Å². The molecule has 0 saturated carbocycles. The summed E-state index contributed by atoms with van der Waals surface area (Å²) in [5.74, 6) is 6.65. The molecule has 0 aliphatic rings. The zero-order valence-electron chi connectivity index (χ0n) is 16.2. The van der Waals surface area contributed by atoms with E-state index in [9.17, 15) is 0 Å². The van der Waals surface area contributed by atoms with Crippen LogP contribution in [0.15, 0.2) is 97.1 Å². The Kier molecular flexibility index (Phi) is 4.60. The second kappa shape index (κ2) is 7.70. The summed E-state index contributed by atoms with van der Waals surface area (Å²) in [4.78, 5) is 3.44. The highest BCUT2D eigenvalue weighted by Crippen LogP contribution is 2.20. The van der Waals surface area contributed by atoms with Gasteiger partial charge in [0.05, 0.1) is 0 Å². The molecule has 0 bridgehead atoms. The zero-order chi connectivity index (χ0) is 19.5. The number of benzene rings is 4. The minimum Gasteiger partial charge on any atom is -0.358 e. The second-order valence-electron chi connectivity index (χ2n) is 7.42. The van der Waals surface area contributed by atoms with E-state index in [0.29, 0.717) is 0 Å². The van der Waals surface area contributed by atoms with Crippen LogP contribution in [0.2, 0.25) is 0 Å². The summed E-state index contributed by atoms with van der Waals surface area (Å²) < 4.78 is 0. The fraction of sp³-hybridized carbons (Fsp3) is 0.0714. The maximum atomic E-state index is 3.44. The number of rotatable bonds is 3. The van der Waals surface area contributed by atoms with Crippen LogP contribution in [0.3, 0.4) is 0 Å². The topological polar surface area (TPSA) is 15.8 Å². The molecule has 5 rings (SSSR count). The number of aromatic nitrogens is 1. The molecule has 0 aliphatic heterocycles. The smallest absolute Gasteiger partial charge is 0.0495 e. The van der Waals surface area contributed by atoms with Gasteiger partial charge in [0.1, 0.15) is 0 Å². The van der Waals surface area contributed by atoms with Crippen molar-refractivity contribution in [3.8, 4) is 11.8 Å². The number of hydrogen-bond donors (Lipinski definition) is 1. The standard InChI is InChI=1S/C28H21N/c1-2-7-21(8-3-1)17-23-14-16-24-15-13-22(18-26(24)19-23)9-6-11-27-20-25-10-4-5-12-28(25)29-27/h1-5,7-8,10,12-16,18-20,29H,11,17H2. The van der Waals surface area contributed by atoms with Gasteiger partial charge in [0.25, 0.3) is 0 Å². The predicted molar refractivity (Wildman–Crippen MR) is 122 cm³/mol. The van der Waals surface area contributed by atoms with Gasteiger partial charge in [0.2, 0.25) is 0 Å². The molecule has 0 unspecified atom stereocenters. The van der Waals surface area contributed by atoms with E-state index in [4.69, 9.17) is 0 Å². The van der Waals surface area contributed by atoms with Crippen molar-refractivity contribution < 1.29 is 0 Å². The van der Waals surface area contributed by atoms with Crippen LogP contribution in [0.1, 0.15) is 22.4 Å². The lowest BCUT2D eigenvalue weighted by atomic mass is 10.00. The van der Waals surface area contributed by atoms with E-state index in [-0.39, 0.29) is 0 Å². The van der Waals surface area contributed by atoms with Gasteiger partial charge in [-0.1, -0.05) is 84.6 Å². The van der Waals surface area contributed by atoms with Gasteiger partial charge in [-0.05, 0) is 58.0 Å².